The van der Waals surface area contributed by atoms with Gasteiger partial charge in [0.15, 0.2) is 0 Å². The molecule has 1 unspecified atom stereocenters. The Labute approximate surface area is 106 Å². The predicted octanol–water partition coefficient (Wildman–Crippen LogP) is 4.57. The number of ether oxygens (including phenoxy) is 1. The zero-order valence-corrected chi connectivity index (χ0v) is 10.3. The molecule has 0 aliphatic heterocycles. The summed E-state index contributed by atoms with van der Waals surface area (Å²) in [5.41, 5.74) is -5.01. The van der Waals surface area contributed by atoms with Gasteiger partial charge < -0.3 is 4.74 Å². The highest BCUT2D eigenvalue weighted by atomic mass is 19.4. The van der Waals surface area contributed by atoms with Gasteiger partial charge in [0.25, 0.3) is 0 Å². The molecule has 122 valence electrons. The molecule has 0 aromatic heterocycles. The van der Waals surface area contributed by atoms with E-state index in [1.165, 1.54) is 0 Å². The Bertz CT molecular complexity index is 342. The van der Waals surface area contributed by atoms with Crippen molar-refractivity contribution in [1.82, 2.24) is 0 Å². The van der Waals surface area contributed by atoms with Crippen molar-refractivity contribution in [1.29, 1.82) is 0 Å². The van der Waals surface area contributed by atoms with Gasteiger partial charge in [-0.15, -0.1) is 0 Å². The topological polar surface area (TPSA) is 9.23 Å². The van der Waals surface area contributed by atoms with Crippen LogP contribution in [-0.4, -0.2) is 35.9 Å². The van der Waals surface area contributed by atoms with Crippen molar-refractivity contribution in [2.24, 2.45) is 0 Å². The van der Waals surface area contributed by atoms with Gasteiger partial charge in [-0.1, -0.05) is 0 Å². The lowest BCUT2D eigenvalue weighted by molar-refractivity contribution is -0.431. The molecule has 0 bridgehead atoms. The van der Waals surface area contributed by atoms with Crippen LogP contribution in [0.2, 0.25) is 0 Å². The number of rotatable bonds is 4. The molecule has 0 spiro atoms. The average Bonchev–Trinajstić information content (AvgIpc) is 2.11. The molecule has 1 nitrogen and oxygen atoms in total. The Kier molecular flexibility index (Phi) is 4.74. The van der Waals surface area contributed by atoms with Crippen LogP contribution in [0.5, 0.6) is 0 Å². The molecule has 0 saturated carbocycles. The molecule has 1 atom stereocenters. The van der Waals surface area contributed by atoms with Crippen LogP contribution in [0.25, 0.3) is 0 Å². The third kappa shape index (κ3) is 2.82. The van der Waals surface area contributed by atoms with Gasteiger partial charge >= 0.3 is 24.2 Å². The monoisotopic (exact) mass is 324 g/mol. The van der Waals surface area contributed by atoms with E-state index in [1.807, 2.05) is 0 Å². The fourth-order valence-electron chi connectivity index (χ4n) is 1.27. The molecule has 11 heteroatoms. The van der Waals surface area contributed by atoms with E-state index in [4.69, 9.17) is 0 Å². The highest BCUT2D eigenvalue weighted by Gasteiger charge is 2.84. The Balaban J connectivity index is 6.06. The average molecular weight is 324 g/mol. The van der Waals surface area contributed by atoms with Gasteiger partial charge in [-0.25, -0.2) is 0 Å². The van der Waals surface area contributed by atoms with E-state index in [9.17, 15) is 43.9 Å². The molecule has 0 fully saturated rings. The first-order valence-electron chi connectivity index (χ1n) is 4.98. The summed E-state index contributed by atoms with van der Waals surface area (Å²) in [6.45, 7) is 1.02. The first kappa shape index (κ1) is 19.3. The Morgan fingerprint density at radius 1 is 0.650 bits per heavy atom. The van der Waals surface area contributed by atoms with Crippen molar-refractivity contribution in [2.75, 3.05) is 0 Å². The minimum absolute atomic E-state index is 0.549. The molecule has 0 N–H and O–H groups in total. The standard InChI is InChI=1S/C9H10F10O/c1-4(2)20-5(3,8(14,15)16)6(10,11)7(12,13)9(17,18)19/h4H,1-3H3. The van der Waals surface area contributed by atoms with Crippen LogP contribution in [-0.2, 0) is 4.74 Å². The molecule has 0 radical (unpaired) electrons. The SMILES string of the molecule is CC(C)OC(C)(C(F)(F)F)C(F)(F)C(F)(F)C(F)(F)F. The van der Waals surface area contributed by atoms with Crippen LogP contribution in [0.3, 0.4) is 0 Å². The van der Waals surface area contributed by atoms with Gasteiger partial charge in [0.05, 0.1) is 6.10 Å². The summed E-state index contributed by atoms with van der Waals surface area (Å²) < 4.78 is 129. The Morgan fingerprint density at radius 2 is 1.00 bits per heavy atom. The van der Waals surface area contributed by atoms with Gasteiger partial charge in [-0.3, -0.25) is 0 Å². The van der Waals surface area contributed by atoms with Crippen molar-refractivity contribution in [2.45, 2.75) is 56.7 Å². The van der Waals surface area contributed by atoms with Crippen molar-refractivity contribution in [3.05, 3.63) is 0 Å². The van der Waals surface area contributed by atoms with Crippen molar-refractivity contribution >= 4 is 0 Å². The van der Waals surface area contributed by atoms with Gasteiger partial charge in [-0.05, 0) is 20.8 Å². The normalized spacial score (nSPS) is 18.3. The van der Waals surface area contributed by atoms with Crippen LogP contribution in [0, 0.1) is 0 Å². The summed E-state index contributed by atoms with van der Waals surface area (Å²) in [4.78, 5) is 0. The lowest BCUT2D eigenvalue weighted by atomic mass is 9.90. The van der Waals surface area contributed by atoms with E-state index < -0.39 is 42.8 Å². The Morgan fingerprint density at radius 3 is 1.20 bits per heavy atom. The minimum Gasteiger partial charge on any atom is -0.358 e. The van der Waals surface area contributed by atoms with E-state index in [0.29, 0.717) is 0 Å². The maximum atomic E-state index is 13.3. The van der Waals surface area contributed by atoms with E-state index >= 15 is 0 Å². The molecule has 0 amide bonds. The molecule has 0 aromatic rings. The molecule has 0 heterocycles. The van der Waals surface area contributed by atoms with E-state index in [2.05, 4.69) is 4.74 Å². The second kappa shape index (κ2) is 4.92. The lowest BCUT2D eigenvalue weighted by Crippen LogP contribution is -2.69. The summed E-state index contributed by atoms with van der Waals surface area (Å²) in [7, 11) is 0. The van der Waals surface area contributed by atoms with Crippen LogP contribution < -0.4 is 0 Å². The molecule has 0 saturated heterocycles. The first-order valence-corrected chi connectivity index (χ1v) is 4.98. The van der Waals surface area contributed by atoms with Gasteiger partial charge in [0.2, 0.25) is 5.60 Å². The third-order valence-electron chi connectivity index (χ3n) is 2.36. The molecule has 0 rings (SSSR count). The van der Waals surface area contributed by atoms with Crippen molar-refractivity contribution in [3.8, 4) is 0 Å². The second-order valence-corrected chi connectivity index (χ2v) is 4.34. The molecule has 0 aromatic carbocycles. The fraction of sp³-hybridized carbons (Fsp3) is 1.00. The van der Waals surface area contributed by atoms with Crippen LogP contribution in [0.15, 0.2) is 0 Å². The van der Waals surface area contributed by atoms with Crippen LogP contribution >= 0.6 is 0 Å². The number of hydrogen-bond donors (Lipinski definition) is 0. The Hall–Kier alpha value is -0.740. The van der Waals surface area contributed by atoms with E-state index in [0.717, 1.165) is 13.8 Å². The predicted molar refractivity (Wildman–Crippen MR) is 46.6 cm³/mol. The quantitative estimate of drug-likeness (QED) is 0.689. The molecule has 20 heavy (non-hydrogen) atoms. The molecular formula is C9H10F10O. The molecule has 0 aliphatic carbocycles. The third-order valence-corrected chi connectivity index (χ3v) is 2.36. The summed E-state index contributed by atoms with van der Waals surface area (Å²) in [6, 6.07) is 0. The van der Waals surface area contributed by atoms with Crippen molar-refractivity contribution < 1.29 is 48.6 Å². The number of hydrogen-bond acceptors (Lipinski definition) is 1. The highest BCUT2D eigenvalue weighted by molar-refractivity contribution is 5.07. The van der Waals surface area contributed by atoms with Gasteiger partial charge in [0.1, 0.15) is 0 Å². The zero-order chi connectivity index (χ0) is 16.8. The maximum absolute atomic E-state index is 13.3. The lowest BCUT2D eigenvalue weighted by Gasteiger charge is -2.42. The summed E-state index contributed by atoms with van der Waals surface area (Å²) in [5.74, 6) is -13.5. The first-order chi connectivity index (χ1) is 8.42. The van der Waals surface area contributed by atoms with E-state index in [-0.39, 0.29) is 0 Å². The highest BCUT2D eigenvalue weighted by Crippen LogP contribution is 2.56. The number of halogens is 10. The van der Waals surface area contributed by atoms with Gasteiger partial charge in [0, 0.05) is 0 Å². The van der Waals surface area contributed by atoms with Crippen LogP contribution in [0.1, 0.15) is 20.8 Å². The summed E-state index contributed by atoms with van der Waals surface area (Å²) >= 11 is 0. The smallest absolute Gasteiger partial charge is 0.358 e. The second-order valence-electron chi connectivity index (χ2n) is 4.34. The van der Waals surface area contributed by atoms with E-state index in [1.54, 1.807) is 0 Å². The maximum Gasteiger partial charge on any atom is 0.460 e. The summed E-state index contributed by atoms with van der Waals surface area (Å²) in [6.07, 6.45) is -14.7. The fourth-order valence-corrected chi connectivity index (χ4v) is 1.27. The largest absolute Gasteiger partial charge is 0.460 e. The van der Waals surface area contributed by atoms with Crippen molar-refractivity contribution in [3.63, 3.8) is 0 Å². The minimum atomic E-state index is -6.92. The zero-order valence-electron chi connectivity index (χ0n) is 10.3. The van der Waals surface area contributed by atoms with Crippen LogP contribution in [0.4, 0.5) is 43.9 Å². The number of alkyl halides is 10. The summed E-state index contributed by atoms with van der Waals surface area (Å²) in [5, 5.41) is 0. The van der Waals surface area contributed by atoms with Gasteiger partial charge in [-0.2, -0.15) is 43.9 Å². The molecule has 0 aliphatic rings. The molecular weight excluding hydrogens is 314 g/mol.